The monoisotopic (exact) mass is 665 g/mol. The maximum Gasteiger partial charge on any atom is 0.0586 e. The van der Waals surface area contributed by atoms with Gasteiger partial charge in [0.1, 0.15) is 0 Å². The topological polar surface area (TPSA) is 169 Å². The van der Waals surface area contributed by atoms with Crippen molar-refractivity contribution in [3.63, 3.8) is 0 Å². The van der Waals surface area contributed by atoms with Gasteiger partial charge < -0.3 is 35.4 Å². The van der Waals surface area contributed by atoms with Crippen LogP contribution in [-0.4, -0.2) is 82.9 Å². The van der Waals surface area contributed by atoms with E-state index in [0.29, 0.717) is 23.5 Å². The molecule has 2 aromatic rings. The van der Waals surface area contributed by atoms with E-state index in [1.165, 1.54) is 0 Å². The third kappa shape index (κ3) is 10.5. The molecule has 1 radical (unpaired) electrons. The number of aryl methyl sites for hydroxylation is 1. The molecule has 0 spiro atoms. The van der Waals surface area contributed by atoms with Crippen molar-refractivity contribution in [3.8, 4) is 0 Å². The van der Waals surface area contributed by atoms with Gasteiger partial charge in [-0.15, -0.1) is 0 Å². The molecule has 2 heterocycles. The Bertz CT molecular complexity index is 1050. The number of hydrogen-bond donors (Lipinski definition) is 1. The molecule has 2 N–H and O–H groups in total. The van der Waals surface area contributed by atoms with Crippen molar-refractivity contribution in [2.24, 2.45) is 0 Å². The van der Waals surface area contributed by atoms with Crippen LogP contribution >= 0.6 is 0 Å². The molecule has 3 rings (SSSR count). The van der Waals surface area contributed by atoms with Crippen molar-refractivity contribution in [2.75, 3.05) is 45.0 Å². The predicted octanol–water partition coefficient (Wildman–Crippen LogP) is -3.17. The zero-order valence-electron chi connectivity index (χ0n) is 20.3. The van der Waals surface area contributed by atoms with Crippen LogP contribution in [0.2, 0.25) is 0 Å². The molecule has 1 unspecified atom stereocenters. The van der Waals surface area contributed by atoms with Gasteiger partial charge in [-0.3, -0.25) is 19.7 Å². The van der Waals surface area contributed by atoms with Crippen LogP contribution in [0.1, 0.15) is 23.4 Å². The normalized spacial score (nSPS) is 16.5. The van der Waals surface area contributed by atoms with Crippen LogP contribution in [0.3, 0.4) is 0 Å². The van der Waals surface area contributed by atoms with E-state index in [1.54, 1.807) is 45.0 Å². The number of carboxylic acids is 3. The first-order chi connectivity index (χ1) is 17.2. The second kappa shape index (κ2) is 15.2. The minimum Gasteiger partial charge on any atom is -0.549 e. The number of carbonyl (C=O) groups excluding carboxylic acids is 3. The quantitative estimate of drug-likeness (QED) is 0.269. The summed E-state index contributed by atoms with van der Waals surface area (Å²) in [5.74, 6) is -3.74. The fourth-order valence-electron chi connectivity index (χ4n) is 4.33. The van der Waals surface area contributed by atoms with Gasteiger partial charge in [0, 0.05) is 94.9 Å². The summed E-state index contributed by atoms with van der Waals surface area (Å²) in [6.07, 6.45) is 0.773. The van der Waals surface area contributed by atoms with Gasteiger partial charge in [-0.2, -0.15) is 0 Å². The van der Waals surface area contributed by atoms with Crippen molar-refractivity contribution in [1.29, 1.82) is 0 Å². The Hall–Kier alpha value is -2.31. The van der Waals surface area contributed by atoms with Gasteiger partial charge in [-0.05, 0) is 42.7 Å². The summed E-state index contributed by atoms with van der Waals surface area (Å²) >= 11 is 0. The van der Waals surface area contributed by atoms with Gasteiger partial charge in [-0.1, -0.05) is 18.2 Å². The molecule has 1 aliphatic rings. The Labute approximate surface area is 245 Å². The fraction of sp³-hybridized carbons (Fsp3) is 0.440. The van der Waals surface area contributed by atoms with Gasteiger partial charge >= 0.3 is 0 Å². The van der Waals surface area contributed by atoms with Crippen LogP contribution in [0.4, 0.5) is 5.69 Å². The van der Waals surface area contributed by atoms with Crippen molar-refractivity contribution in [1.82, 2.24) is 19.7 Å². The zero-order valence-corrected chi connectivity index (χ0v) is 22.1. The molecule has 0 saturated carbocycles. The van der Waals surface area contributed by atoms with E-state index in [4.69, 9.17) is 5.73 Å². The van der Waals surface area contributed by atoms with Crippen molar-refractivity contribution >= 4 is 23.6 Å². The number of fused-ring (bicyclic) bond motifs is 2. The summed E-state index contributed by atoms with van der Waals surface area (Å²) in [5.41, 5.74) is 8.53. The van der Waals surface area contributed by atoms with Gasteiger partial charge in [0.25, 0.3) is 0 Å². The first kappa shape index (κ1) is 30.9. The Morgan fingerprint density at radius 3 is 2.03 bits per heavy atom. The predicted molar refractivity (Wildman–Crippen MR) is 124 cm³/mol. The molecule has 12 heteroatoms. The van der Waals surface area contributed by atoms with Crippen LogP contribution in [0.25, 0.3) is 0 Å². The molecule has 11 nitrogen and oxygen atoms in total. The summed E-state index contributed by atoms with van der Waals surface area (Å²) in [5, 5.41) is 34.8. The number of nitrogens with two attached hydrogens (primary N) is 1. The summed E-state index contributed by atoms with van der Waals surface area (Å²) in [6.45, 7) is 0.714. The molecule has 1 aromatic carbocycles. The van der Waals surface area contributed by atoms with E-state index in [0.717, 1.165) is 5.56 Å². The Morgan fingerprint density at radius 2 is 1.41 bits per heavy atom. The second-order valence-corrected chi connectivity index (χ2v) is 8.94. The van der Waals surface area contributed by atoms with Gasteiger partial charge in [-0.25, -0.2) is 0 Å². The number of pyridine rings is 1. The Morgan fingerprint density at radius 1 is 0.838 bits per heavy atom. The molecule has 207 valence electrons. The maximum absolute atomic E-state index is 12.2. The third-order valence-corrected chi connectivity index (χ3v) is 6.16. The SMILES string of the molecule is Nc1ccc(CCC(C(=O)[O-])N2CCN(CC(=O)[O-])CCN(CC(=O)[O-])Cc3cccc(n3)C2)cc1.[Tm]. The molecule has 0 amide bonds. The standard InChI is InChI=1S/C25H33N5O6.Tm/c26-19-7-4-18(5-8-19)6-9-22(25(35)36)30-13-12-28(16-23(31)32)10-11-29(17-24(33)34)14-20-2-1-3-21(15-30)27-20;/h1-5,7-8,22H,6,9-17,26H2,(H,31,32)(H,33,34)(H,35,36);/p-3. The zero-order chi connectivity index (χ0) is 26.1. The fourth-order valence-corrected chi connectivity index (χ4v) is 4.33. The maximum atomic E-state index is 12.2. The summed E-state index contributed by atoms with van der Waals surface area (Å²) < 4.78 is 0. The molecule has 1 aliphatic heterocycles. The van der Waals surface area contributed by atoms with Crippen LogP contribution < -0.4 is 21.1 Å². The Balaban J connectivity index is 0.00000481. The third-order valence-electron chi connectivity index (χ3n) is 6.16. The summed E-state index contributed by atoms with van der Waals surface area (Å²) in [6, 6.07) is 11.6. The average Bonchev–Trinajstić information content (AvgIpc) is 2.80. The van der Waals surface area contributed by atoms with Crippen LogP contribution in [0, 0.1) is 36.9 Å². The number of aromatic nitrogens is 1. The van der Waals surface area contributed by atoms with Crippen LogP contribution in [-0.2, 0) is 33.9 Å². The van der Waals surface area contributed by atoms with Crippen molar-refractivity contribution in [2.45, 2.75) is 32.0 Å². The molecule has 37 heavy (non-hydrogen) atoms. The molecule has 1 aromatic heterocycles. The van der Waals surface area contributed by atoms with Gasteiger partial charge in [0.15, 0.2) is 0 Å². The smallest absolute Gasteiger partial charge is 0.0586 e. The number of hydrogen-bond acceptors (Lipinski definition) is 11. The van der Waals surface area contributed by atoms with Crippen molar-refractivity contribution in [3.05, 3.63) is 59.4 Å². The van der Waals surface area contributed by atoms with Crippen LogP contribution in [0.5, 0.6) is 0 Å². The molecule has 1 atom stereocenters. The number of carbonyl (C=O) groups is 3. The second-order valence-electron chi connectivity index (χ2n) is 8.94. The summed E-state index contributed by atoms with van der Waals surface area (Å²) in [4.78, 5) is 44.3. The number of aliphatic carboxylic acids is 3. The number of benzene rings is 1. The molecule has 2 bridgehead atoms. The minimum absolute atomic E-state index is 0. The average molecular weight is 665 g/mol. The number of nitrogen functional groups attached to an aromatic ring is 1. The first-order valence-corrected chi connectivity index (χ1v) is 11.8. The molecule has 0 aliphatic carbocycles. The van der Waals surface area contributed by atoms with E-state index in [-0.39, 0.29) is 95.7 Å². The Kier molecular flexibility index (Phi) is 12.7. The van der Waals surface area contributed by atoms with E-state index in [1.807, 2.05) is 12.1 Å². The number of carboxylic acid groups (broad SMARTS) is 3. The van der Waals surface area contributed by atoms with E-state index < -0.39 is 23.9 Å². The largest absolute Gasteiger partial charge is 0.549 e. The number of rotatable bonds is 9. The van der Waals surface area contributed by atoms with Gasteiger partial charge in [0.2, 0.25) is 0 Å². The van der Waals surface area contributed by atoms with Crippen molar-refractivity contribution < 1.29 is 66.6 Å². The van der Waals surface area contributed by atoms with Gasteiger partial charge in [0.05, 0.1) is 35.3 Å². The number of anilines is 1. The first-order valence-electron chi connectivity index (χ1n) is 11.8. The molecular weight excluding hydrogens is 635 g/mol. The minimum atomic E-state index is -1.27. The van der Waals surface area contributed by atoms with E-state index >= 15 is 0 Å². The van der Waals surface area contributed by atoms with Crippen LogP contribution in [0.15, 0.2) is 42.5 Å². The molecular formula is C25H30N5O6Tm-3. The molecule has 0 saturated heterocycles. The molecule has 0 fully saturated rings. The summed E-state index contributed by atoms with van der Waals surface area (Å²) in [7, 11) is 0. The van der Waals surface area contributed by atoms with E-state index in [2.05, 4.69) is 4.98 Å². The number of nitrogens with zero attached hydrogens (tertiary/aromatic N) is 4. The van der Waals surface area contributed by atoms with E-state index in [9.17, 15) is 29.7 Å².